The molecule has 0 heterocycles. The summed E-state index contributed by atoms with van der Waals surface area (Å²) in [7, 11) is 0. The van der Waals surface area contributed by atoms with Crippen LogP contribution in [0.4, 0.5) is 0 Å². The van der Waals surface area contributed by atoms with Gasteiger partial charge in [0.15, 0.2) is 0 Å². The standard InChI is InChI=1S/6C2H4O2.2Ru/c6*1-2(3)4;;/h6*1H3,(H,3,4);;/q;;;;;;2*+3/p-6. The zero-order valence-corrected chi connectivity index (χ0v) is 18.1. The van der Waals surface area contributed by atoms with Crippen LogP contribution in [-0.2, 0) is 67.7 Å². The van der Waals surface area contributed by atoms with E-state index in [1.54, 1.807) is 0 Å². The summed E-state index contributed by atoms with van der Waals surface area (Å²) in [5.74, 6) is -6.50. The number of hydrogen-bond donors (Lipinski definition) is 0. The van der Waals surface area contributed by atoms with Gasteiger partial charge in [-0.2, -0.15) is 0 Å². The molecular weight excluding hydrogens is 538 g/mol. The molecule has 0 fully saturated rings. The molecule has 0 unspecified atom stereocenters. The number of carbonyl (C=O) groups excluding carboxylic acids is 6. The molecule has 0 saturated carbocycles. The molecule has 14 heteroatoms. The Hall–Kier alpha value is -1.93. The minimum absolute atomic E-state index is 0. The van der Waals surface area contributed by atoms with Crippen LogP contribution in [0.25, 0.3) is 0 Å². The fraction of sp³-hybridized carbons (Fsp3) is 0.500. The van der Waals surface area contributed by atoms with Gasteiger partial charge in [-0.15, -0.1) is 0 Å². The van der Waals surface area contributed by atoms with Gasteiger partial charge in [0.2, 0.25) is 0 Å². The first-order valence-electron chi connectivity index (χ1n) is 5.45. The van der Waals surface area contributed by atoms with Gasteiger partial charge in [0, 0.05) is 35.8 Å². The van der Waals surface area contributed by atoms with E-state index in [2.05, 4.69) is 0 Å². The second kappa shape index (κ2) is 43.5. The van der Waals surface area contributed by atoms with Crippen molar-refractivity contribution in [2.45, 2.75) is 41.5 Å². The summed E-state index contributed by atoms with van der Waals surface area (Å²) in [4.78, 5) is 53.3. The van der Waals surface area contributed by atoms with Crippen LogP contribution in [-0.4, -0.2) is 35.8 Å². The fourth-order valence-corrected chi connectivity index (χ4v) is 0. The van der Waals surface area contributed by atoms with Crippen LogP contribution in [0.15, 0.2) is 0 Å². The number of aliphatic carboxylic acids is 6. The van der Waals surface area contributed by atoms with Gasteiger partial charge in [0.1, 0.15) is 0 Å². The van der Waals surface area contributed by atoms with Crippen molar-refractivity contribution in [2.24, 2.45) is 0 Å². The van der Waals surface area contributed by atoms with Crippen LogP contribution >= 0.6 is 0 Å². The molecule has 0 amide bonds. The van der Waals surface area contributed by atoms with E-state index in [1.165, 1.54) is 0 Å². The maximum atomic E-state index is 8.89. The minimum Gasteiger partial charge on any atom is -0.550 e. The summed E-state index contributed by atoms with van der Waals surface area (Å²) < 4.78 is 0. The maximum absolute atomic E-state index is 8.89. The molecule has 26 heavy (non-hydrogen) atoms. The third-order valence-corrected chi connectivity index (χ3v) is 0. The second-order valence-electron chi connectivity index (χ2n) is 2.95. The van der Waals surface area contributed by atoms with Crippen molar-refractivity contribution < 1.29 is 98.4 Å². The molecule has 0 aromatic carbocycles. The molecule has 0 rings (SSSR count). The molecule has 0 aliphatic heterocycles. The largest absolute Gasteiger partial charge is 3.00 e. The van der Waals surface area contributed by atoms with E-state index in [9.17, 15) is 0 Å². The molecule has 0 spiro atoms. The normalized spacial score (nSPS) is 5.77. The summed E-state index contributed by atoms with van der Waals surface area (Å²) in [5, 5.41) is 53.3. The summed E-state index contributed by atoms with van der Waals surface area (Å²) in [6.07, 6.45) is 0. The molecule has 0 N–H and O–H groups in total. The van der Waals surface area contributed by atoms with Crippen molar-refractivity contribution in [3.8, 4) is 0 Å². The minimum atomic E-state index is -1.08. The molecule has 0 atom stereocenters. The van der Waals surface area contributed by atoms with E-state index in [0.717, 1.165) is 41.5 Å². The third kappa shape index (κ3) is 2620. The average Bonchev–Trinajstić information content (AvgIpc) is 2.08. The predicted octanol–water partition coefficient (Wildman–Crippen LogP) is -7.47. The van der Waals surface area contributed by atoms with Crippen molar-refractivity contribution in [3.05, 3.63) is 0 Å². The Morgan fingerprint density at radius 2 is 0.346 bits per heavy atom. The van der Waals surface area contributed by atoms with Crippen molar-refractivity contribution in [2.75, 3.05) is 0 Å². The van der Waals surface area contributed by atoms with Crippen LogP contribution in [0.1, 0.15) is 41.5 Å². The SMILES string of the molecule is CC(=O)[O-].CC(=O)[O-].CC(=O)[O-].CC(=O)[O-].CC(=O)[O-].CC(=O)[O-].[Ru+3].[Ru+3]. The van der Waals surface area contributed by atoms with Gasteiger partial charge in [-0.1, -0.05) is 0 Å². The summed E-state index contributed by atoms with van der Waals surface area (Å²) >= 11 is 0. The van der Waals surface area contributed by atoms with Crippen LogP contribution in [0.3, 0.4) is 0 Å². The molecule has 154 valence electrons. The average molecular weight is 556 g/mol. The summed E-state index contributed by atoms with van der Waals surface area (Å²) in [5.41, 5.74) is 0. The van der Waals surface area contributed by atoms with Crippen molar-refractivity contribution >= 4 is 35.8 Å². The van der Waals surface area contributed by atoms with Crippen molar-refractivity contribution in [1.82, 2.24) is 0 Å². The first-order valence-corrected chi connectivity index (χ1v) is 5.45. The van der Waals surface area contributed by atoms with Crippen LogP contribution in [0.5, 0.6) is 0 Å². The molecule has 0 aliphatic rings. The van der Waals surface area contributed by atoms with Crippen molar-refractivity contribution in [3.63, 3.8) is 0 Å². The molecule has 0 bridgehead atoms. The van der Waals surface area contributed by atoms with Crippen molar-refractivity contribution in [1.29, 1.82) is 0 Å². The van der Waals surface area contributed by atoms with E-state index in [1.807, 2.05) is 0 Å². The van der Waals surface area contributed by atoms with Gasteiger partial charge in [0.05, 0.1) is 0 Å². The maximum Gasteiger partial charge on any atom is 3.00 e. The Morgan fingerprint density at radius 3 is 0.346 bits per heavy atom. The van der Waals surface area contributed by atoms with Crippen LogP contribution in [0.2, 0.25) is 0 Å². The monoisotopic (exact) mass is 558 g/mol. The quantitative estimate of drug-likeness (QED) is 0.253. The van der Waals surface area contributed by atoms with Gasteiger partial charge in [0.25, 0.3) is 0 Å². The Bertz CT molecular complexity index is 265. The number of carboxylic acid groups (broad SMARTS) is 6. The Kier molecular flexibility index (Phi) is 83.0. The van der Waals surface area contributed by atoms with E-state index in [-0.39, 0.29) is 39.0 Å². The van der Waals surface area contributed by atoms with E-state index < -0.39 is 35.8 Å². The molecule has 0 aromatic heterocycles. The summed E-state index contributed by atoms with van der Waals surface area (Å²) in [6, 6.07) is 0. The Balaban J connectivity index is -0.0000000245. The predicted molar refractivity (Wildman–Crippen MR) is 64.1 cm³/mol. The smallest absolute Gasteiger partial charge is 0.550 e. The molecule has 0 aromatic rings. The number of carboxylic acids is 6. The number of carbonyl (C=O) groups is 6. The van der Waals surface area contributed by atoms with Gasteiger partial charge >= 0.3 is 39.0 Å². The number of hydrogen-bond acceptors (Lipinski definition) is 12. The molecule has 12 nitrogen and oxygen atoms in total. The van der Waals surface area contributed by atoms with Gasteiger partial charge < -0.3 is 59.4 Å². The second-order valence-corrected chi connectivity index (χ2v) is 2.95. The fourth-order valence-electron chi connectivity index (χ4n) is 0. The molecule has 2 radical (unpaired) electrons. The Labute approximate surface area is 175 Å². The van der Waals surface area contributed by atoms with Gasteiger partial charge in [-0.05, 0) is 41.5 Å². The van der Waals surface area contributed by atoms with Gasteiger partial charge in [-0.3, -0.25) is 0 Å². The topological polar surface area (TPSA) is 241 Å². The van der Waals surface area contributed by atoms with Crippen LogP contribution < -0.4 is 30.6 Å². The van der Waals surface area contributed by atoms with Gasteiger partial charge in [-0.25, -0.2) is 0 Å². The summed E-state index contributed by atoms with van der Waals surface area (Å²) in [6.45, 7) is 5.83. The molecule has 0 aliphatic carbocycles. The van der Waals surface area contributed by atoms with E-state index in [0.29, 0.717) is 0 Å². The third-order valence-electron chi connectivity index (χ3n) is 0. The van der Waals surface area contributed by atoms with E-state index in [4.69, 9.17) is 59.4 Å². The molecule has 0 saturated heterocycles. The zero-order chi connectivity index (χ0) is 21.5. The molecular formula is C12H18O12Ru2. The first kappa shape index (κ1) is 49.6. The first-order chi connectivity index (χ1) is 10.4. The zero-order valence-electron chi connectivity index (χ0n) is 14.6. The Morgan fingerprint density at radius 1 is 0.346 bits per heavy atom. The van der Waals surface area contributed by atoms with E-state index >= 15 is 0 Å². The number of rotatable bonds is 0. The van der Waals surface area contributed by atoms with Crippen LogP contribution in [0, 0.1) is 0 Å².